The summed E-state index contributed by atoms with van der Waals surface area (Å²) in [5, 5.41) is 14.2. The number of aliphatic carboxylic acids is 1. The third kappa shape index (κ3) is 8.65. The smallest absolute Gasteiger partial charge is 0.326 e. The molecular formula is C11H22N2O4. The summed E-state index contributed by atoms with van der Waals surface area (Å²) in [4.78, 5) is 22.3. The lowest BCUT2D eigenvalue weighted by molar-refractivity contribution is -0.141. The van der Waals surface area contributed by atoms with Crippen molar-refractivity contribution in [2.24, 2.45) is 0 Å². The molecule has 100 valence electrons. The predicted molar refractivity (Wildman–Crippen MR) is 63.8 cm³/mol. The van der Waals surface area contributed by atoms with Crippen LogP contribution in [0.2, 0.25) is 0 Å². The molecule has 0 spiro atoms. The molecule has 0 fully saturated rings. The molecule has 0 aromatic rings. The summed E-state index contributed by atoms with van der Waals surface area (Å²) in [6.07, 6.45) is 2.16. The summed E-state index contributed by atoms with van der Waals surface area (Å²) in [5.41, 5.74) is 0. The molecule has 6 nitrogen and oxygen atoms in total. The summed E-state index contributed by atoms with van der Waals surface area (Å²) in [5.74, 6) is -1.28. The van der Waals surface area contributed by atoms with Gasteiger partial charge in [-0.3, -0.25) is 4.79 Å². The van der Waals surface area contributed by atoms with E-state index in [1.807, 2.05) is 6.92 Å². The normalized spacial score (nSPS) is 12.1. The molecule has 0 rings (SSSR count). The van der Waals surface area contributed by atoms with Gasteiger partial charge >= 0.3 is 5.97 Å². The lowest BCUT2D eigenvalue weighted by atomic mass is 10.1. The van der Waals surface area contributed by atoms with Gasteiger partial charge in [-0.05, 0) is 6.42 Å². The minimum absolute atomic E-state index is 0.110. The highest BCUT2D eigenvalue weighted by molar-refractivity contribution is 5.84. The van der Waals surface area contributed by atoms with E-state index in [-0.39, 0.29) is 12.5 Å². The highest BCUT2D eigenvalue weighted by Crippen LogP contribution is 2.00. The van der Waals surface area contributed by atoms with Crippen LogP contribution in [-0.4, -0.2) is 49.8 Å². The predicted octanol–water partition coefficient (Wildman–Crippen LogP) is -0.0180. The Bertz CT molecular complexity index is 234. The first-order chi connectivity index (χ1) is 8.11. The van der Waals surface area contributed by atoms with Gasteiger partial charge in [-0.25, -0.2) is 4.79 Å². The van der Waals surface area contributed by atoms with Crippen LogP contribution >= 0.6 is 0 Å². The first kappa shape index (κ1) is 15.9. The maximum Gasteiger partial charge on any atom is 0.326 e. The molecule has 0 saturated heterocycles. The first-order valence-corrected chi connectivity index (χ1v) is 5.83. The molecule has 0 unspecified atom stereocenters. The van der Waals surface area contributed by atoms with E-state index in [4.69, 9.17) is 9.84 Å². The van der Waals surface area contributed by atoms with Gasteiger partial charge in [0, 0.05) is 13.7 Å². The molecule has 3 N–H and O–H groups in total. The number of carbonyl (C=O) groups excluding carboxylic acids is 1. The van der Waals surface area contributed by atoms with E-state index in [1.54, 1.807) is 7.11 Å². The number of carboxylic acids is 1. The van der Waals surface area contributed by atoms with Crippen LogP contribution in [0.3, 0.4) is 0 Å². The van der Waals surface area contributed by atoms with Gasteiger partial charge < -0.3 is 20.5 Å². The maximum atomic E-state index is 11.4. The largest absolute Gasteiger partial charge is 0.480 e. The number of hydrogen-bond donors (Lipinski definition) is 3. The standard InChI is InChI=1S/C11H22N2O4/c1-3-4-5-9(11(15)16)13-10(14)8-12-6-7-17-2/h9,12H,3-8H2,1-2H3,(H,13,14)(H,15,16)/t9-/m0/s1. The first-order valence-electron chi connectivity index (χ1n) is 5.83. The molecule has 6 heteroatoms. The molecule has 0 aliphatic heterocycles. The second-order valence-electron chi connectivity index (χ2n) is 3.77. The van der Waals surface area contributed by atoms with Crippen molar-refractivity contribution in [1.29, 1.82) is 0 Å². The highest BCUT2D eigenvalue weighted by atomic mass is 16.5. The molecule has 0 aromatic heterocycles. The summed E-state index contributed by atoms with van der Waals surface area (Å²) in [6.45, 7) is 3.17. The van der Waals surface area contributed by atoms with E-state index < -0.39 is 12.0 Å². The van der Waals surface area contributed by atoms with E-state index in [0.29, 0.717) is 19.6 Å². The van der Waals surface area contributed by atoms with Crippen molar-refractivity contribution >= 4 is 11.9 Å². The molecule has 1 atom stereocenters. The molecule has 0 aliphatic carbocycles. The molecule has 17 heavy (non-hydrogen) atoms. The fraction of sp³-hybridized carbons (Fsp3) is 0.818. The van der Waals surface area contributed by atoms with Crippen LogP contribution in [0.1, 0.15) is 26.2 Å². The fourth-order valence-electron chi connectivity index (χ4n) is 1.29. The van der Waals surface area contributed by atoms with Gasteiger partial charge in [0.15, 0.2) is 0 Å². The van der Waals surface area contributed by atoms with Crippen molar-refractivity contribution in [2.45, 2.75) is 32.2 Å². The SMILES string of the molecule is CCCC[C@H](NC(=O)CNCCOC)C(=O)O. The third-order valence-electron chi connectivity index (χ3n) is 2.25. The summed E-state index contributed by atoms with van der Waals surface area (Å²) < 4.78 is 4.81. The van der Waals surface area contributed by atoms with E-state index in [9.17, 15) is 9.59 Å². The number of carboxylic acid groups (broad SMARTS) is 1. The van der Waals surface area contributed by atoms with Crippen molar-refractivity contribution in [1.82, 2.24) is 10.6 Å². The van der Waals surface area contributed by atoms with Gasteiger partial charge in [-0.15, -0.1) is 0 Å². The minimum atomic E-state index is -0.983. The van der Waals surface area contributed by atoms with Crippen molar-refractivity contribution in [3.05, 3.63) is 0 Å². The average molecular weight is 246 g/mol. The van der Waals surface area contributed by atoms with Crippen LogP contribution in [0, 0.1) is 0 Å². The third-order valence-corrected chi connectivity index (χ3v) is 2.25. The highest BCUT2D eigenvalue weighted by Gasteiger charge is 2.18. The topological polar surface area (TPSA) is 87.7 Å². The van der Waals surface area contributed by atoms with E-state index in [0.717, 1.165) is 12.8 Å². The zero-order chi connectivity index (χ0) is 13.1. The van der Waals surface area contributed by atoms with E-state index in [2.05, 4.69) is 10.6 Å². The van der Waals surface area contributed by atoms with Crippen molar-refractivity contribution in [3.63, 3.8) is 0 Å². The second kappa shape index (κ2) is 10.0. The Morgan fingerprint density at radius 3 is 2.65 bits per heavy atom. The average Bonchev–Trinajstić information content (AvgIpc) is 2.29. The molecule has 0 radical (unpaired) electrons. The lowest BCUT2D eigenvalue weighted by Crippen LogP contribution is -2.44. The molecule has 0 aromatic carbocycles. The van der Waals surface area contributed by atoms with Gasteiger partial charge in [-0.2, -0.15) is 0 Å². The van der Waals surface area contributed by atoms with Gasteiger partial charge in [0.05, 0.1) is 13.2 Å². The van der Waals surface area contributed by atoms with Crippen molar-refractivity contribution in [2.75, 3.05) is 26.8 Å². The quantitative estimate of drug-likeness (QED) is 0.472. The van der Waals surface area contributed by atoms with Crippen LogP contribution < -0.4 is 10.6 Å². The van der Waals surface area contributed by atoms with E-state index >= 15 is 0 Å². The number of nitrogens with one attached hydrogen (secondary N) is 2. The molecule has 0 aliphatic rings. The van der Waals surface area contributed by atoms with Gasteiger partial charge in [0.2, 0.25) is 5.91 Å². The molecule has 1 amide bonds. The van der Waals surface area contributed by atoms with Crippen LogP contribution in [-0.2, 0) is 14.3 Å². The van der Waals surface area contributed by atoms with Gasteiger partial charge in [0.25, 0.3) is 0 Å². The van der Waals surface area contributed by atoms with Crippen LogP contribution in [0.5, 0.6) is 0 Å². The number of unbranched alkanes of at least 4 members (excludes halogenated alkanes) is 1. The van der Waals surface area contributed by atoms with Crippen LogP contribution in [0.25, 0.3) is 0 Å². The zero-order valence-corrected chi connectivity index (χ0v) is 10.5. The molecule has 0 bridgehead atoms. The Morgan fingerprint density at radius 2 is 2.12 bits per heavy atom. The van der Waals surface area contributed by atoms with E-state index in [1.165, 1.54) is 0 Å². The number of carbonyl (C=O) groups is 2. The number of hydrogen-bond acceptors (Lipinski definition) is 4. The summed E-state index contributed by atoms with van der Waals surface area (Å²) in [6, 6.07) is -0.785. The Labute approximate surface area is 102 Å². The number of methoxy groups -OCH3 is 1. The Morgan fingerprint density at radius 1 is 1.41 bits per heavy atom. The van der Waals surface area contributed by atoms with Crippen LogP contribution in [0.15, 0.2) is 0 Å². The van der Waals surface area contributed by atoms with Crippen LogP contribution in [0.4, 0.5) is 0 Å². The Kier molecular flexibility index (Phi) is 9.37. The van der Waals surface area contributed by atoms with Gasteiger partial charge in [0.1, 0.15) is 6.04 Å². The summed E-state index contributed by atoms with van der Waals surface area (Å²) in [7, 11) is 1.58. The fourth-order valence-corrected chi connectivity index (χ4v) is 1.29. The van der Waals surface area contributed by atoms with Crippen molar-refractivity contribution in [3.8, 4) is 0 Å². The zero-order valence-electron chi connectivity index (χ0n) is 10.5. The summed E-state index contributed by atoms with van der Waals surface area (Å²) >= 11 is 0. The second-order valence-corrected chi connectivity index (χ2v) is 3.77. The van der Waals surface area contributed by atoms with Crippen molar-refractivity contribution < 1.29 is 19.4 Å². The molecule has 0 saturated carbocycles. The Hall–Kier alpha value is -1.14. The maximum absolute atomic E-state index is 11.4. The number of amides is 1. The lowest BCUT2D eigenvalue weighted by Gasteiger charge is -2.14. The minimum Gasteiger partial charge on any atom is -0.480 e. The molecule has 0 heterocycles. The molecular weight excluding hydrogens is 224 g/mol. The number of rotatable bonds is 10. The van der Waals surface area contributed by atoms with Gasteiger partial charge in [-0.1, -0.05) is 19.8 Å². The number of ether oxygens (including phenoxy) is 1. The monoisotopic (exact) mass is 246 g/mol. The Balaban J connectivity index is 3.83.